The van der Waals surface area contributed by atoms with Crippen LogP contribution >= 0.6 is 0 Å². The smallest absolute Gasteiger partial charge is 0.0716 e. The molecule has 3 nitrogen and oxygen atoms in total. The Balaban J connectivity index is 1.83. The van der Waals surface area contributed by atoms with E-state index in [1.807, 2.05) is 0 Å². The van der Waals surface area contributed by atoms with Crippen LogP contribution in [0.4, 0.5) is 5.69 Å². The number of benzene rings is 1. The van der Waals surface area contributed by atoms with Crippen LogP contribution in [0.25, 0.3) is 0 Å². The van der Waals surface area contributed by atoms with E-state index in [0.29, 0.717) is 6.10 Å². The van der Waals surface area contributed by atoms with Crippen LogP contribution in [0.15, 0.2) is 30.3 Å². The monoisotopic (exact) mass is 234 g/mol. The van der Waals surface area contributed by atoms with E-state index in [1.54, 1.807) is 0 Å². The molecule has 0 aromatic heterocycles. The van der Waals surface area contributed by atoms with Gasteiger partial charge in [-0.3, -0.25) is 0 Å². The van der Waals surface area contributed by atoms with Crippen molar-refractivity contribution in [2.24, 2.45) is 0 Å². The number of ether oxygens (including phenoxy) is 1. The van der Waals surface area contributed by atoms with Crippen molar-refractivity contribution in [3.63, 3.8) is 0 Å². The minimum atomic E-state index is 0.376. The van der Waals surface area contributed by atoms with Crippen molar-refractivity contribution in [2.75, 3.05) is 37.7 Å². The fourth-order valence-electron chi connectivity index (χ4n) is 2.21. The molecule has 0 saturated carbocycles. The van der Waals surface area contributed by atoms with Gasteiger partial charge < -0.3 is 15.0 Å². The van der Waals surface area contributed by atoms with E-state index in [-0.39, 0.29) is 0 Å². The average Bonchev–Trinajstić information content (AvgIpc) is 2.42. The average molecular weight is 234 g/mol. The summed E-state index contributed by atoms with van der Waals surface area (Å²) in [4.78, 5) is 2.40. The topological polar surface area (TPSA) is 24.5 Å². The predicted octanol–water partition coefficient (Wildman–Crippen LogP) is 1.89. The number of anilines is 1. The lowest BCUT2D eigenvalue weighted by Crippen LogP contribution is -2.40. The van der Waals surface area contributed by atoms with Gasteiger partial charge in [-0.2, -0.15) is 0 Å². The Hall–Kier alpha value is -1.06. The van der Waals surface area contributed by atoms with Crippen molar-refractivity contribution >= 4 is 5.69 Å². The zero-order valence-electron chi connectivity index (χ0n) is 10.6. The first-order valence-electron chi connectivity index (χ1n) is 6.52. The molecular weight excluding hydrogens is 212 g/mol. The van der Waals surface area contributed by atoms with Gasteiger partial charge in [-0.15, -0.1) is 0 Å². The van der Waals surface area contributed by atoms with Gasteiger partial charge in [0.2, 0.25) is 0 Å². The highest BCUT2D eigenvalue weighted by Gasteiger charge is 2.14. The lowest BCUT2D eigenvalue weighted by molar-refractivity contribution is 0.0249. The van der Waals surface area contributed by atoms with Gasteiger partial charge in [0.05, 0.1) is 12.7 Å². The van der Waals surface area contributed by atoms with Crippen molar-refractivity contribution in [1.82, 2.24) is 5.32 Å². The van der Waals surface area contributed by atoms with Crippen molar-refractivity contribution in [3.05, 3.63) is 30.3 Å². The third-order valence-corrected chi connectivity index (χ3v) is 3.23. The fourth-order valence-corrected chi connectivity index (χ4v) is 2.21. The van der Waals surface area contributed by atoms with E-state index in [9.17, 15) is 0 Å². The molecule has 0 bridgehead atoms. The summed E-state index contributed by atoms with van der Waals surface area (Å²) in [6.45, 7) is 7.14. The number of nitrogens with zero attached hydrogens (tertiary/aromatic N) is 1. The highest BCUT2D eigenvalue weighted by Crippen LogP contribution is 2.14. The quantitative estimate of drug-likeness (QED) is 0.842. The maximum Gasteiger partial charge on any atom is 0.0716 e. The second-order valence-corrected chi connectivity index (χ2v) is 4.40. The van der Waals surface area contributed by atoms with Crippen LogP contribution in [-0.4, -0.2) is 38.9 Å². The van der Waals surface area contributed by atoms with Crippen LogP contribution in [0.3, 0.4) is 0 Å². The molecule has 1 aliphatic rings. The van der Waals surface area contributed by atoms with E-state index in [2.05, 4.69) is 47.5 Å². The molecule has 17 heavy (non-hydrogen) atoms. The predicted molar refractivity (Wildman–Crippen MR) is 71.6 cm³/mol. The molecule has 1 N–H and O–H groups in total. The van der Waals surface area contributed by atoms with E-state index in [4.69, 9.17) is 4.74 Å². The molecule has 1 aliphatic heterocycles. The molecule has 1 fully saturated rings. The van der Waals surface area contributed by atoms with Gasteiger partial charge in [-0.25, -0.2) is 0 Å². The van der Waals surface area contributed by atoms with Crippen LogP contribution in [0.1, 0.15) is 13.3 Å². The van der Waals surface area contributed by atoms with Gasteiger partial charge in [0, 0.05) is 31.9 Å². The zero-order valence-corrected chi connectivity index (χ0v) is 10.6. The Labute approximate surface area is 104 Å². The number of nitrogens with one attached hydrogen (secondary N) is 1. The Morgan fingerprint density at radius 2 is 2.18 bits per heavy atom. The fraction of sp³-hybridized carbons (Fsp3) is 0.571. The molecule has 1 unspecified atom stereocenters. The first-order chi connectivity index (χ1) is 8.40. The number of rotatable bonds is 5. The first kappa shape index (κ1) is 12.4. The molecule has 1 aromatic rings. The summed E-state index contributed by atoms with van der Waals surface area (Å²) < 4.78 is 5.72. The largest absolute Gasteiger partial charge is 0.376 e. The maximum absolute atomic E-state index is 5.72. The summed E-state index contributed by atoms with van der Waals surface area (Å²) in [5, 5.41) is 3.37. The van der Waals surface area contributed by atoms with Gasteiger partial charge in [-0.05, 0) is 25.5 Å². The Morgan fingerprint density at radius 3 is 2.82 bits per heavy atom. The summed E-state index contributed by atoms with van der Waals surface area (Å²) in [6, 6.07) is 10.6. The molecule has 2 rings (SSSR count). The van der Waals surface area contributed by atoms with Gasteiger partial charge in [0.1, 0.15) is 0 Å². The molecule has 1 saturated heterocycles. The summed E-state index contributed by atoms with van der Waals surface area (Å²) in [5.41, 5.74) is 1.30. The molecule has 1 atom stereocenters. The Morgan fingerprint density at radius 1 is 1.35 bits per heavy atom. The van der Waals surface area contributed by atoms with E-state index in [1.165, 1.54) is 5.69 Å². The van der Waals surface area contributed by atoms with Gasteiger partial charge in [-0.1, -0.05) is 18.2 Å². The first-order valence-corrected chi connectivity index (χ1v) is 6.52. The SMILES string of the molecule is CCN(CCC1CNCCO1)c1ccccc1. The number of morpholine rings is 1. The zero-order chi connectivity index (χ0) is 11.9. The van der Waals surface area contributed by atoms with Crippen LogP contribution in [-0.2, 0) is 4.74 Å². The maximum atomic E-state index is 5.72. The van der Waals surface area contributed by atoms with Crippen LogP contribution in [0.5, 0.6) is 0 Å². The molecule has 0 aliphatic carbocycles. The minimum Gasteiger partial charge on any atom is -0.376 e. The lowest BCUT2D eigenvalue weighted by atomic mass is 10.2. The van der Waals surface area contributed by atoms with Crippen molar-refractivity contribution in [1.29, 1.82) is 0 Å². The number of para-hydroxylation sites is 1. The summed E-state index contributed by atoms with van der Waals surface area (Å²) in [6.07, 6.45) is 1.47. The summed E-state index contributed by atoms with van der Waals surface area (Å²) in [7, 11) is 0. The second kappa shape index (κ2) is 6.62. The van der Waals surface area contributed by atoms with Gasteiger partial charge in [0.25, 0.3) is 0 Å². The second-order valence-electron chi connectivity index (χ2n) is 4.40. The normalized spacial score (nSPS) is 20.2. The van der Waals surface area contributed by atoms with Crippen LogP contribution in [0.2, 0.25) is 0 Å². The molecule has 3 heteroatoms. The van der Waals surface area contributed by atoms with Crippen LogP contribution < -0.4 is 10.2 Å². The highest BCUT2D eigenvalue weighted by atomic mass is 16.5. The third kappa shape index (κ3) is 3.72. The van der Waals surface area contributed by atoms with E-state index in [0.717, 1.165) is 39.2 Å². The standard InChI is InChI=1S/C14H22N2O/c1-2-16(13-6-4-3-5-7-13)10-8-14-12-15-9-11-17-14/h3-7,14-15H,2,8-12H2,1H3. The summed E-state index contributed by atoms with van der Waals surface area (Å²) in [5.74, 6) is 0. The van der Waals surface area contributed by atoms with E-state index >= 15 is 0 Å². The lowest BCUT2D eigenvalue weighted by Gasteiger charge is -2.28. The molecule has 0 amide bonds. The Kier molecular flexibility index (Phi) is 4.83. The highest BCUT2D eigenvalue weighted by molar-refractivity contribution is 5.45. The molecule has 0 spiro atoms. The molecule has 0 radical (unpaired) electrons. The Bertz CT molecular complexity index is 309. The van der Waals surface area contributed by atoms with Crippen molar-refractivity contribution in [3.8, 4) is 0 Å². The summed E-state index contributed by atoms with van der Waals surface area (Å²) >= 11 is 0. The molecular formula is C14H22N2O. The van der Waals surface area contributed by atoms with E-state index < -0.39 is 0 Å². The molecule has 1 heterocycles. The third-order valence-electron chi connectivity index (χ3n) is 3.23. The number of hydrogen-bond acceptors (Lipinski definition) is 3. The van der Waals surface area contributed by atoms with Crippen molar-refractivity contribution < 1.29 is 4.74 Å². The van der Waals surface area contributed by atoms with Crippen molar-refractivity contribution in [2.45, 2.75) is 19.4 Å². The van der Waals surface area contributed by atoms with Gasteiger partial charge >= 0.3 is 0 Å². The molecule has 1 aromatic carbocycles. The number of hydrogen-bond donors (Lipinski definition) is 1. The molecule has 94 valence electrons. The minimum absolute atomic E-state index is 0.376. The van der Waals surface area contributed by atoms with Crippen LogP contribution in [0, 0.1) is 0 Å². The van der Waals surface area contributed by atoms with Gasteiger partial charge in [0.15, 0.2) is 0 Å².